The second-order valence-corrected chi connectivity index (χ2v) is 9.05. The summed E-state index contributed by atoms with van der Waals surface area (Å²) in [6, 6.07) is 13.6. The molecule has 2 aromatic carbocycles. The molecular weight excluding hydrogens is 445 g/mol. The van der Waals surface area contributed by atoms with E-state index >= 15 is 0 Å². The second kappa shape index (κ2) is 9.66. The monoisotopic (exact) mass is 474 g/mol. The van der Waals surface area contributed by atoms with E-state index in [0.717, 1.165) is 36.7 Å². The van der Waals surface area contributed by atoms with E-state index in [-0.39, 0.29) is 23.2 Å². The molecule has 0 saturated heterocycles. The lowest BCUT2D eigenvalue weighted by molar-refractivity contribution is -0.274. The number of fused-ring (bicyclic) bond motifs is 1. The maximum absolute atomic E-state index is 13.3. The van der Waals surface area contributed by atoms with Crippen LogP contribution in [-0.4, -0.2) is 45.3 Å². The minimum Gasteiger partial charge on any atom is -0.406 e. The quantitative estimate of drug-likeness (QED) is 0.480. The van der Waals surface area contributed by atoms with Crippen molar-refractivity contribution in [1.82, 2.24) is 20.2 Å². The van der Waals surface area contributed by atoms with Crippen LogP contribution in [0.25, 0.3) is 11.0 Å². The number of nitrogens with zero attached hydrogens (tertiary/aromatic N) is 2. The summed E-state index contributed by atoms with van der Waals surface area (Å²) in [7, 11) is 0. The van der Waals surface area contributed by atoms with Gasteiger partial charge in [-0.2, -0.15) is 0 Å². The predicted molar refractivity (Wildman–Crippen MR) is 123 cm³/mol. The van der Waals surface area contributed by atoms with Crippen LogP contribution in [0.3, 0.4) is 0 Å². The number of hydrogen-bond acceptors (Lipinski definition) is 4. The number of amides is 1. The van der Waals surface area contributed by atoms with Gasteiger partial charge in [-0.1, -0.05) is 24.3 Å². The number of carbonyl (C=O) groups is 1. The van der Waals surface area contributed by atoms with Crippen molar-refractivity contribution in [2.75, 3.05) is 6.54 Å². The first-order chi connectivity index (χ1) is 16.2. The molecule has 0 bridgehead atoms. The van der Waals surface area contributed by atoms with E-state index in [2.05, 4.69) is 26.9 Å². The van der Waals surface area contributed by atoms with Crippen molar-refractivity contribution in [3.05, 3.63) is 59.9 Å². The number of halogens is 3. The number of carbonyl (C=O) groups excluding carboxylic acids is 1. The number of rotatable bonds is 7. The van der Waals surface area contributed by atoms with E-state index < -0.39 is 6.36 Å². The average Bonchev–Trinajstić information content (AvgIpc) is 3.22. The van der Waals surface area contributed by atoms with Crippen molar-refractivity contribution < 1.29 is 22.7 Å². The van der Waals surface area contributed by atoms with Gasteiger partial charge in [0.05, 0.1) is 11.0 Å². The van der Waals surface area contributed by atoms with Crippen LogP contribution in [-0.2, 0) is 6.54 Å². The Bertz CT molecular complexity index is 1110. The summed E-state index contributed by atoms with van der Waals surface area (Å²) < 4.78 is 41.6. The number of imidazole rings is 1. The minimum absolute atomic E-state index is 0.0388. The zero-order valence-electron chi connectivity index (χ0n) is 19.3. The number of nitrogens with one attached hydrogen (secondary N) is 2. The highest BCUT2D eigenvalue weighted by Crippen LogP contribution is 2.32. The Hall–Kier alpha value is -3.07. The van der Waals surface area contributed by atoms with Gasteiger partial charge in [-0.25, -0.2) is 4.98 Å². The zero-order chi connectivity index (χ0) is 24.3. The molecule has 182 valence electrons. The van der Waals surface area contributed by atoms with Gasteiger partial charge in [0, 0.05) is 24.7 Å². The summed E-state index contributed by atoms with van der Waals surface area (Å²) in [5.41, 5.74) is 2.03. The topological polar surface area (TPSA) is 70.2 Å². The van der Waals surface area contributed by atoms with Gasteiger partial charge < -0.3 is 19.9 Å². The van der Waals surface area contributed by atoms with Crippen LogP contribution in [0.1, 0.15) is 55.7 Å². The number of ether oxygens (including phenoxy) is 1. The third kappa shape index (κ3) is 5.70. The molecule has 0 spiro atoms. The van der Waals surface area contributed by atoms with Crippen LogP contribution in [0.5, 0.6) is 5.75 Å². The fourth-order valence-electron chi connectivity index (χ4n) is 4.80. The van der Waals surface area contributed by atoms with Gasteiger partial charge in [-0.05, 0) is 69.4 Å². The van der Waals surface area contributed by atoms with E-state index in [9.17, 15) is 18.0 Å². The molecule has 1 saturated carbocycles. The summed E-state index contributed by atoms with van der Waals surface area (Å²) in [5, 5.41) is 3.52. The number of alkyl halides is 3. The Labute approximate surface area is 196 Å². The van der Waals surface area contributed by atoms with Crippen LogP contribution in [0.4, 0.5) is 13.2 Å². The van der Waals surface area contributed by atoms with Gasteiger partial charge in [0.1, 0.15) is 5.75 Å². The SMILES string of the molecule is CCN(C(=O)c1nc2ccccc2[nH]1)[C@H]1CCCC(C)(NCc2cccc(OC(F)(F)F)c2)C1. The number of H-pyrrole nitrogens is 1. The Morgan fingerprint density at radius 3 is 2.79 bits per heavy atom. The molecule has 6 nitrogen and oxygen atoms in total. The molecule has 1 unspecified atom stereocenters. The van der Waals surface area contributed by atoms with E-state index in [1.54, 1.807) is 12.1 Å². The first-order valence-electron chi connectivity index (χ1n) is 11.5. The van der Waals surface area contributed by atoms with Crippen molar-refractivity contribution in [3.63, 3.8) is 0 Å². The molecule has 2 N–H and O–H groups in total. The summed E-state index contributed by atoms with van der Waals surface area (Å²) >= 11 is 0. The Kier molecular flexibility index (Phi) is 6.84. The van der Waals surface area contributed by atoms with Crippen LogP contribution >= 0.6 is 0 Å². The standard InChI is InChI=1S/C25H29F3N4O2/c1-3-32(23(33)22-30-20-11-4-5-12-21(20)31-22)18-9-7-13-24(2,15-18)29-16-17-8-6-10-19(14-17)34-25(26,27)28/h4-6,8,10-12,14,18,29H,3,7,9,13,15-16H2,1-2H3,(H,30,31)/t18-,24?/m0/s1. The van der Waals surface area contributed by atoms with Crippen LogP contribution in [0.15, 0.2) is 48.5 Å². The predicted octanol–water partition coefficient (Wildman–Crippen LogP) is 5.41. The van der Waals surface area contributed by atoms with Crippen molar-refractivity contribution in [2.45, 2.75) is 64.0 Å². The number of aromatic nitrogens is 2. The van der Waals surface area contributed by atoms with Crippen LogP contribution in [0, 0.1) is 0 Å². The third-order valence-electron chi connectivity index (χ3n) is 6.44. The lowest BCUT2D eigenvalue weighted by Gasteiger charge is -2.43. The molecule has 3 aromatic rings. The lowest BCUT2D eigenvalue weighted by atomic mass is 9.79. The number of aromatic amines is 1. The molecule has 9 heteroatoms. The normalized spacial score (nSPS) is 20.9. The first kappa shape index (κ1) is 24.1. The Balaban J connectivity index is 1.43. The molecule has 1 amide bonds. The van der Waals surface area contributed by atoms with E-state index in [0.29, 0.717) is 24.5 Å². The average molecular weight is 475 g/mol. The van der Waals surface area contributed by atoms with Crippen molar-refractivity contribution in [2.24, 2.45) is 0 Å². The smallest absolute Gasteiger partial charge is 0.406 e. The molecular formula is C25H29F3N4O2. The highest BCUT2D eigenvalue weighted by Gasteiger charge is 2.36. The van der Waals surface area contributed by atoms with E-state index in [1.807, 2.05) is 36.1 Å². The maximum atomic E-state index is 13.3. The van der Waals surface area contributed by atoms with Gasteiger partial charge in [0.15, 0.2) is 5.82 Å². The number of benzene rings is 2. The zero-order valence-corrected chi connectivity index (χ0v) is 19.3. The molecule has 1 aromatic heterocycles. The second-order valence-electron chi connectivity index (χ2n) is 9.05. The molecule has 2 atom stereocenters. The maximum Gasteiger partial charge on any atom is 0.573 e. The van der Waals surface area contributed by atoms with Crippen molar-refractivity contribution in [1.29, 1.82) is 0 Å². The Morgan fingerprint density at radius 2 is 2.06 bits per heavy atom. The molecule has 0 radical (unpaired) electrons. The van der Waals surface area contributed by atoms with Gasteiger partial charge in [0.2, 0.25) is 0 Å². The van der Waals surface area contributed by atoms with Crippen molar-refractivity contribution >= 4 is 16.9 Å². The highest BCUT2D eigenvalue weighted by atomic mass is 19.4. The largest absolute Gasteiger partial charge is 0.573 e. The first-order valence-corrected chi connectivity index (χ1v) is 11.5. The lowest BCUT2D eigenvalue weighted by Crippen LogP contribution is -2.52. The summed E-state index contributed by atoms with van der Waals surface area (Å²) in [6.45, 7) is 5.04. The van der Waals surface area contributed by atoms with Gasteiger partial charge >= 0.3 is 6.36 Å². The fourth-order valence-corrected chi connectivity index (χ4v) is 4.80. The summed E-state index contributed by atoms with van der Waals surface area (Å²) in [6.07, 6.45) is -1.23. The van der Waals surface area contributed by atoms with Crippen LogP contribution < -0.4 is 10.1 Å². The Morgan fingerprint density at radius 1 is 1.26 bits per heavy atom. The minimum atomic E-state index is -4.72. The number of para-hydroxylation sites is 2. The molecule has 1 aliphatic rings. The molecule has 1 aliphatic carbocycles. The molecule has 4 rings (SSSR count). The molecule has 34 heavy (non-hydrogen) atoms. The summed E-state index contributed by atoms with van der Waals surface area (Å²) in [5.74, 6) is -0.0122. The highest BCUT2D eigenvalue weighted by molar-refractivity contribution is 5.94. The molecule has 1 heterocycles. The van der Waals surface area contributed by atoms with E-state index in [4.69, 9.17) is 0 Å². The van der Waals surface area contributed by atoms with Gasteiger partial charge in [-0.3, -0.25) is 4.79 Å². The molecule has 1 fully saturated rings. The van der Waals surface area contributed by atoms with Gasteiger partial charge in [0.25, 0.3) is 5.91 Å². The van der Waals surface area contributed by atoms with Crippen LogP contribution in [0.2, 0.25) is 0 Å². The third-order valence-corrected chi connectivity index (χ3v) is 6.44. The number of hydrogen-bond donors (Lipinski definition) is 2. The van der Waals surface area contributed by atoms with Gasteiger partial charge in [-0.15, -0.1) is 13.2 Å². The van der Waals surface area contributed by atoms with Crippen molar-refractivity contribution in [3.8, 4) is 5.75 Å². The molecule has 0 aliphatic heterocycles. The summed E-state index contributed by atoms with van der Waals surface area (Å²) in [4.78, 5) is 22.8. The fraction of sp³-hybridized carbons (Fsp3) is 0.440. The van der Waals surface area contributed by atoms with E-state index in [1.165, 1.54) is 12.1 Å².